The first-order chi connectivity index (χ1) is 15.1. The Balaban J connectivity index is 0.00000363. The summed E-state index contributed by atoms with van der Waals surface area (Å²) < 4.78 is 10.6. The molecule has 2 aromatic rings. The lowest BCUT2D eigenvalue weighted by atomic mass is 10.1. The fraction of sp³-hybridized carbons (Fsp3) is 0.417. The van der Waals surface area contributed by atoms with Crippen molar-refractivity contribution < 1.29 is 14.3 Å². The number of carbonyl (C=O) groups excluding carboxylic acids is 1. The zero-order valence-electron chi connectivity index (χ0n) is 19.0. The Morgan fingerprint density at radius 2 is 1.81 bits per heavy atom. The zero-order chi connectivity index (χ0) is 22.1. The van der Waals surface area contributed by atoms with Crippen molar-refractivity contribution in [3.8, 4) is 11.5 Å². The molecule has 2 aromatic carbocycles. The summed E-state index contributed by atoms with van der Waals surface area (Å²) in [6, 6.07) is 16.1. The molecule has 0 aromatic heterocycles. The molecule has 0 radical (unpaired) electrons. The van der Waals surface area contributed by atoms with Crippen molar-refractivity contribution >= 4 is 35.8 Å². The van der Waals surface area contributed by atoms with Crippen LogP contribution >= 0.6 is 24.0 Å². The number of likely N-dealkylation sites (tertiary alicyclic amines) is 1. The maximum Gasteiger partial charge on any atom is 0.223 e. The van der Waals surface area contributed by atoms with Gasteiger partial charge in [0.1, 0.15) is 0 Å². The number of carbonyl (C=O) groups is 1. The van der Waals surface area contributed by atoms with Crippen LogP contribution in [0.4, 0.5) is 0 Å². The molecule has 1 amide bonds. The maximum absolute atomic E-state index is 12.4. The molecule has 0 spiro atoms. The molecule has 174 valence electrons. The Hall–Kier alpha value is -2.49. The normalized spacial score (nSPS) is 15.8. The average molecular weight is 552 g/mol. The van der Waals surface area contributed by atoms with Crippen molar-refractivity contribution in [2.75, 3.05) is 40.9 Å². The van der Waals surface area contributed by atoms with Crippen molar-refractivity contribution in [3.63, 3.8) is 0 Å². The van der Waals surface area contributed by atoms with E-state index in [0.717, 1.165) is 25.1 Å². The number of nitrogens with one attached hydrogen (secondary N) is 2. The monoisotopic (exact) mass is 552 g/mol. The number of ether oxygens (including phenoxy) is 2. The van der Waals surface area contributed by atoms with E-state index in [1.807, 2.05) is 41.3 Å². The number of rotatable bonds is 9. The van der Waals surface area contributed by atoms with E-state index in [-0.39, 0.29) is 35.8 Å². The highest BCUT2D eigenvalue weighted by Crippen LogP contribution is 2.27. The first kappa shape index (κ1) is 25.8. The molecule has 8 heteroatoms. The van der Waals surface area contributed by atoms with Crippen LogP contribution in [0.3, 0.4) is 0 Å². The standard InChI is InChI=1S/C24H32N4O3.HI/c1-25-24(26-15-19-9-10-21(30-2)22(13-19)31-3)27-16-20-14-23(29)28(17-20)12-11-18-7-5-4-6-8-18;/h4-10,13,20H,11-12,14-17H2,1-3H3,(H2,25,26,27);1H. The molecular weight excluding hydrogens is 519 g/mol. The lowest BCUT2D eigenvalue weighted by molar-refractivity contribution is -0.127. The Morgan fingerprint density at radius 1 is 1.06 bits per heavy atom. The summed E-state index contributed by atoms with van der Waals surface area (Å²) in [5.41, 5.74) is 2.32. The summed E-state index contributed by atoms with van der Waals surface area (Å²) in [7, 11) is 5.00. The van der Waals surface area contributed by atoms with Crippen molar-refractivity contribution in [3.05, 3.63) is 59.7 Å². The minimum atomic E-state index is 0. The molecule has 32 heavy (non-hydrogen) atoms. The van der Waals surface area contributed by atoms with Gasteiger partial charge in [0.25, 0.3) is 0 Å². The van der Waals surface area contributed by atoms with Crippen LogP contribution in [0.25, 0.3) is 0 Å². The Labute approximate surface area is 207 Å². The van der Waals surface area contributed by atoms with Gasteiger partial charge in [-0.15, -0.1) is 24.0 Å². The van der Waals surface area contributed by atoms with Crippen LogP contribution in [0.2, 0.25) is 0 Å². The number of aliphatic imine (C=N–C) groups is 1. The predicted octanol–water partition coefficient (Wildman–Crippen LogP) is 3.08. The SMILES string of the molecule is CN=C(NCc1ccc(OC)c(OC)c1)NCC1CC(=O)N(CCc2ccccc2)C1.I. The van der Waals surface area contributed by atoms with Crippen LogP contribution in [-0.4, -0.2) is 57.7 Å². The van der Waals surface area contributed by atoms with Crippen molar-refractivity contribution in [1.29, 1.82) is 0 Å². The van der Waals surface area contributed by atoms with Gasteiger partial charge in [-0.25, -0.2) is 0 Å². The van der Waals surface area contributed by atoms with Crippen LogP contribution in [0.15, 0.2) is 53.5 Å². The summed E-state index contributed by atoms with van der Waals surface area (Å²) in [6.07, 6.45) is 1.47. The second kappa shape index (κ2) is 13.1. The van der Waals surface area contributed by atoms with E-state index in [4.69, 9.17) is 9.47 Å². The number of amides is 1. The van der Waals surface area contributed by atoms with Crippen molar-refractivity contribution in [1.82, 2.24) is 15.5 Å². The Kier molecular flexibility index (Phi) is 10.6. The molecule has 7 nitrogen and oxygen atoms in total. The predicted molar refractivity (Wildman–Crippen MR) is 138 cm³/mol. The third kappa shape index (κ3) is 7.29. The molecule has 1 fully saturated rings. The number of methoxy groups -OCH3 is 2. The van der Waals surface area contributed by atoms with E-state index < -0.39 is 0 Å². The number of nitrogens with zero attached hydrogens (tertiary/aromatic N) is 2. The van der Waals surface area contributed by atoms with Crippen LogP contribution in [0.5, 0.6) is 11.5 Å². The number of guanidine groups is 1. The fourth-order valence-electron chi connectivity index (χ4n) is 3.75. The molecule has 2 N–H and O–H groups in total. The molecule has 0 aliphatic carbocycles. The summed E-state index contributed by atoms with van der Waals surface area (Å²) >= 11 is 0. The molecule has 1 atom stereocenters. The molecule has 0 bridgehead atoms. The van der Waals surface area contributed by atoms with Crippen molar-refractivity contribution in [2.24, 2.45) is 10.9 Å². The highest BCUT2D eigenvalue weighted by Gasteiger charge is 2.29. The minimum Gasteiger partial charge on any atom is -0.493 e. The molecule has 0 saturated carbocycles. The Bertz CT molecular complexity index is 892. The van der Waals surface area contributed by atoms with Gasteiger partial charge in [0.05, 0.1) is 14.2 Å². The largest absolute Gasteiger partial charge is 0.493 e. The molecule has 1 saturated heterocycles. The van der Waals surface area contributed by atoms with E-state index in [2.05, 4.69) is 27.8 Å². The summed E-state index contributed by atoms with van der Waals surface area (Å²) in [5, 5.41) is 6.66. The molecule has 1 aliphatic rings. The smallest absolute Gasteiger partial charge is 0.223 e. The average Bonchev–Trinajstić information content (AvgIpc) is 3.17. The molecule has 3 rings (SSSR count). The van der Waals surface area contributed by atoms with Crippen LogP contribution in [0, 0.1) is 5.92 Å². The topological polar surface area (TPSA) is 75.2 Å². The van der Waals surface area contributed by atoms with E-state index >= 15 is 0 Å². The van der Waals surface area contributed by atoms with E-state index in [9.17, 15) is 4.79 Å². The summed E-state index contributed by atoms with van der Waals surface area (Å²) in [4.78, 5) is 18.6. The first-order valence-corrected chi connectivity index (χ1v) is 10.6. The van der Waals surface area contributed by atoms with Crippen LogP contribution < -0.4 is 20.1 Å². The maximum atomic E-state index is 12.4. The highest BCUT2D eigenvalue weighted by molar-refractivity contribution is 14.0. The van der Waals surface area contributed by atoms with Gasteiger partial charge >= 0.3 is 0 Å². The third-order valence-electron chi connectivity index (χ3n) is 5.50. The van der Waals surface area contributed by atoms with Gasteiger partial charge in [-0.05, 0) is 29.7 Å². The van der Waals surface area contributed by atoms with Crippen LogP contribution in [-0.2, 0) is 17.8 Å². The van der Waals surface area contributed by atoms with Gasteiger partial charge in [0, 0.05) is 45.6 Å². The minimum absolute atomic E-state index is 0. The van der Waals surface area contributed by atoms with E-state index in [0.29, 0.717) is 37.0 Å². The molecule has 1 aliphatic heterocycles. The molecular formula is C24H33IN4O3. The number of halogens is 1. The summed E-state index contributed by atoms with van der Waals surface area (Å²) in [6.45, 7) is 2.86. The van der Waals surface area contributed by atoms with Crippen molar-refractivity contribution in [2.45, 2.75) is 19.4 Å². The number of hydrogen-bond donors (Lipinski definition) is 2. The van der Waals surface area contributed by atoms with Gasteiger partial charge in [-0.3, -0.25) is 9.79 Å². The lowest BCUT2D eigenvalue weighted by Crippen LogP contribution is -2.40. The quantitative estimate of drug-likeness (QED) is 0.284. The van der Waals surface area contributed by atoms with Gasteiger partial charge in [0.15, 0.2) is 17.5 Å². The number of benzene rings is 2. The van der Waals surface area contributed by atoms with E-state index in [1.54, 1.807) is 21.3 Å². The summed E-state index contributed by atoms with van der Waals surface area (Å²) in [5.74, 6) is 2.63. The molecule has 1 unspecified atom stereocenters. The first-order valence-electron chi connectivity index (χ1n) is 10.6. The highest BCUT2D eigenvalue weighted by atomic mass is 127. The fourth-order valence-corrected chi connectivity index (χ4v) is 3.75. The van der Waals surface area contributed by atoms with E-state index in [1.165, 1.54) is 5.56 Å². The third-order valence-corrected chi connectivity index (χ3v) is 5.50. The van der Waals surface area contributed by atoms with Gasteiger partial charge in [0.2, 0.25) is 5.91 Å². The lowest BCUT2D eigenvalue weighted by Gasteiger charge is -2.18. The second-order valence-corrected chi connectivity index (χ2v) is 7.64. The van der Waals surface area contributed by atoms with Gasteiger partial charge < -0.3 is 25.0 Å². The molecule has 1 heterocycles. The Morgan fingerprint density at radius 3 is 2.50 bits per heavy atom. The zero-order valence-corrected chi connectivity index (χ0v) is 21.3. The number of hydrogen-bond acceptors (Lipinski definition) is 4. The van der Waals surface area contributed by atoms with Crippen LogP contribution in [0.1, 0.15) is 17.5 Å². The van der Waals surface area contributed by atoms with Gasteiger partial charge in [-0.2, -0.15) is 0 Å². The second-order valence-electron chi connectivity index (χ2n) is 7.64. The van der Waals surface area contributed by atoms with Gasteiger partial charge in [-0.1, -0.05) is 36.4 Å².